The molecule has 0 unspecified atom stereocenters. The number of hydrogen-bond donors (Lipinski definition) is 2. The lowest BCUT2D eigenvalue weighted by Crippen LogP contribution is -2.29. The van der Waals surface area contributed by atoms with Gasteiger partial charge in [-0.05, 0) is 42.5 Å². The first-order chi connectivity index (χ1) is 13.1. The van der Waals surface area contributed by atoms with Gasteiger partial charge in [-0.2, -0.15) is 0 Å². The molecule has 0 atom stereocenters. The number of nitrogens with one attached hydrogen (secondary N) is 2. The maximum absolute atomic E-state index is 13.6. The van der Waals surface area contributed by atoms with Crippen molar-refractivity contribution < 1.29 is 18.3 Å². The molecule has 0 radical (unpaired) electrons. The minimum atomic E-state index is -0.853. The van der Waals surface area contributed by atoms with Crippen molar-refractivity contribution in [3.05, 3.63) is 72.2 Å². The Morgan fingerprint density at radius 1 is 1.07 bits per heavy atom. The summed E-state index contributed by atoms with van der Waals surface area (Å²) in [6, 6.07) is 11.6. The summed E-state index contributed by atoms with van der Waals surface area (Å²) >= 11 is 0. The van der Waals surface area contributed by atoms with Crippen molar-refractivity contribution >= 4 is 11.7 Å². The first-order valence-corrected chi connectivity index (χ1v) is 8.01. The smallest absolute Gasteiger partial charge is 0.319 e. The summed E-state index contributed by atoms with van der Waals surface area (Å²) in [5, 5.41) is 4.66. The van der Waals surface area contributed by atoms with Crippen LogP contribution in [0.25, 0.3) is 11.3 Å². The third kappa shape index (κ3) is 4.55. The molecule has 8 heteroatoms. The number of carbonyl (C=O) groups is 1. The number of ether oxygens (including phenoxy) is 1. The number of halogens is 2. The van der Waals surface area contributed by atoms with Crippen LogP contribution in [0.2, 0.25) is 0 Å². The molecule has 0 aliphatic rings. The van der Waals surface area contributed by atoms with Crippen molar-refractivity contribution in [3.8, 4) is 17.0 Å². The van der Waals surface area contributed by atoms with E-state index in [1.54, 1.807) is 13.2 Å². The second-order valence-corrected chi connectivity index (χ2v) is 5.53. The van der Waals surface area contributed by atoms with Crippen molar-refractivity contribution in [1.82, 2.24) is 15.3 Å². The lowest BCUT2D eigenvalue weighted by atomic mass is 10.1. The average Bonchev–Trinajstić information content (AvgIpc) is 2.69. The fraction of sp³-hybridized carbons (Fsp3) is 0.105. The highest BCUT2D eigenvalue weighted by atomic mass is 19.1. The first kappa shape index (κ1) is 18.2. The first-order valence-electron chi connectivity index (χ1n) is 8.01. The zero-order chi connectivity index (χ0) is 19.2. The number of urea groups is 1. The van der Waals surface area contributed by atoms with Gasteiger partial charge in [-0.25, -0.2) is 23.5 Å². The number of hydrogen-bond acceptors (Lipinski definition) is 4. The van der Waals surface area contributed by atoms with E-state index in [1.165, 1.54) is 12.4 Å². The van der Waals surface area contributed by atoms with Crippen molar-refractivity contribution in [3.63, 3.8) is 0 Å². The molecule has 138 valence electrons. The number of rotatable bonds is 5. The highest BCUT2D eigenvalue weighted by Gasteiger charge is 2.12. The molecule has 0 bridgehead atoms. The van der Waals surface area contributed by atoms with Crippen LogP contribution in [0.15, 0.2) is 54.9 Å². The number of aromatic nitrogens is 2. The predicted molar refractivity (Wildman–Crippen MR) is 96.2 cm³/mol. The molecule has 2 amide bonds. The van der Waals surface area contributed by atoms with Crippen molar-refractivity contribution in [1.29, 1.82) is 0 Å². The number of carbonyl (C=O) groups excluding carboxylic acids is 1. The van der Waals surface area contributed by atoms with Crippen LogP contribution in [0.4, 0.5) is 19.3 Å². The lowest BCUT2D eigenvalue weighted by molar-refractivity contribution is 0.251. The van der Waals surface area contributed by atoms with E-state index in [9.17, 15) is 13.6 Å². The van der Waals surface area contributed by atoms with Crippen LogP contribution in [0, 0.1) is 11.6 Å². The Bertz CT molecular complexity index is 928. The van der Waals surface area contributed by atoms with E-state index in [-0.39, 0.29) is 6.54 Å². The van der Waals surface area contributed by atoms with E-state index in [1.807, 2.05) is 24.3 Å². The van der Waals surface area contributed by atoms with Crippen molar-refractivity contribution in [2.24, 2.45) is 0 Å². The molecule has 0 saturated heterocycles. The van der Waals surface area contributed by atoms with E-state index in [0.29, 0.717) is 11.4 Å². The Labute approximate surface area is 154 Å². The van der Waals surface area contributed by atoms with Crippen LogP contribution in [0.5, 0.6) is 5.75 Å². The molecule has 3 aromatic rings. The summed E-state index contributed by atoms with van der Waals surface area (Å²) < 4.78 is 32.2. The molecule has 1 aromatic heterocycles. The molecule has 1 heterocycles. The summed E-state index contributed by atoms with van der Waals surface area (Å²) in [5.74, 6) is -0.977. The second-order valence-electron chi connectivity index (χ2n) is 5.53. The van der Waals surface area contributed by atoms with E-state index >= 15 is 0 Å². The van der Waals surface area contributed by atoms with E-state index < -0.39 is 23.4 Å². The zero-order valence-corrected chi connectivity index (χ0v) is 14.4. The maximum Gasteiger partial charge on any atom is 0.319 e. The lowest BCUT2D eigenvalue weighted by Gasteiger charge is -2.09. The Hall–Kier alpha value is -3.55. The van der Waals surface area contributed by atoms with Gasteiger partial charge >= 0.3 is 6.03 Å². The van der Waals surface area contributed by atoms with Crippen LogP contribution in [0.3, 0.4) is 0 Å². The number of nitrogens with zero attached hydrogens (tertiary/aromatic N) is 2. The van der Waals surface area contributed by atoms with Crippen LogP contribution in [-0.4, -0.2) is 23.1 Å². The van der Waals surface area contributed by atoms with Crippen LogP contribution in [0.1, 0.15) is 5.69 Å². The van der Waals surface area contributed by atoms with Gasteiger partial charge in [0, 0.05) is 5.56 Å². The molecule has 2 aromatic carbocycles. The topological polar surface area (TPSA) is 76.1 Å². The summed E-state index contributed by atoms with van der Waals surface area (Å²) in [6.45, 7) is 0.0631. The van der Waals surface area contributed by atoms with E-state index in [4.69, 9.17) is 4.74 Å². The average molecular weight is 370 g/mol. The Balaban J connectivity index is 1.65. The largest absolute Gasteiger partial charge is 0.497 e. The fourth-order valence-corrected chi connectivity index (χ4v) is 2.36. The molecule has 0 fully saturated rings. The molecule has 27 heavy (non-hydrogen) atoms. The molecule has 0 saturated carbocycles. The highest BCUT2D eigenvalue weighted by molar-refractivity contribution is 5.89. The molecule has 0 spiro atoms. The minimum Gasteiger partial charge on any atom is -0.497 e. The zero-order valence-electron chi connectivity index (χ0n) is 14.4. The molecule has 0 aliphatic carbocycles. The van der Waals surface area contributed by atoms with E-state index in [0.717, 1.165) is 23.4 Å². The minimum absolute atomic E-state index is 0.0631. The van der Waals surface area contributed by atoms with Gasteiger partial charge in [-0.3, -0.25) is 0 Å². The van der Waals surface area contributed by atoms with Gasteiger partial charge in [0.05, 0.1) is 25.0 Å². The number of para-hydroxylation sites is 1. The molecular formula is C19H16F2N4O2. The van der Waals surface area contributed by atoms with Crippen molar-refractivity contribution in [2.45, 2.75) is 6.54 Å². The predicted octanol–water partition coefficient (Wildman–Crippen LogP) is 3.75. The maximum atomic E-state index is 13.6. The summed E-state index contributed by atoms with van der Waals surface area (Å²) in [5.41, 5.74) is 1.57. The van der Waals surface area contributed by atoms with Gasteiger partial charge in [0.2, 0.25) is 0 Å². The van der Waals surface area contributed by atoms with Crippen LogP contribution >= 0.6 is 0 Å². The Morgan fingerprint density at radius 2 is 1.78 bits per heavy atom. The molecule has 6 nitrogen and oxygen atoms in total. The normalized spacial score (nSPS) is 10.3. The number of benzene rings is 2. The second kappa shape index (κ2) is 8.22. The Morgan fingerprint density at radius 3 is 2.44 bits per heavy atom. The van der Waals surface area contributed by atoms with Gasteiger partial charge in [-0.1, -0.05) is 6.07 Å². The number of anilines is 1. The van der Waals surface area contributed by atoms with Gasteiger partial charge in [0.15, 0.2) is 0 Å². The Kier molecular flexibility index (Phi) is 5.55. The molecule has 3 rings (SSSR count). The summed E-state index contributed by atoms with van der Waals surface area (Å²) in [7, 11) is 1.59. The van der Waals surface area contributed by atoms with Gasteiger partial charge in [0.25, 0.3) is 0 Å². The SMILES string of the molecule is COc1ccc(-c2cc(CNC(=O)Nc3c(F)cccc3F)ncn2)cc1. The third-order valence-corrected chi connectivity index (χ3v) is 3.74. The van der Waals surface area contributed by atoms with Gasteiger partial charge in [0.1, 0.15) is 29.4 Å². The number of methoxy groups -OCH3 is 1. The summed E-state index contributed by atoms with van der Waals surface area (Å²) in [4.78, 5) is 20.2. The summed E-state index contributed by atoms with van der Waals surface area (Å²) in [6.07, 6.45) is 1.38. The van der Waals surface area contributed by atoms with E-state index in [2.05, 4.69) is 20.6 Å². The number of amides is 2. The molecule has 0 aliphatic heterocycles. The van der Waals surface area contributed by atoms with Gasteiger partial charge in [-0.15, -0.1) is 0 Å². The third-order valence-electron chi connectivity index (χ3n) is 3.74. The van der Waals surface area contributed by atoms with Crippen molar-refractivity contribution in [2.75, 3.05) is 12.4 Å². The van der Waals surface area contributed by atoms with Gasteiger partial charge < -0.3 is 15.4 Å². The fourth-order valence-electron chi connectivity index (χ4n) is 2.36. The highest BCUT2D eigenvalue weighted by Crippen LogP contribution is 2.21. The molecular weight excluding hydrogens is 354 g/mol. The van der Waals surface area contributed by atoms with Crippen LogP contribution < -0.4 is 15.4 Å². The monoisotopic (exact) mass is 370 g/mol. The molecule has 2 N–H and O–H groups in total. The quantitative estimate of drug-likeness (QED) is 0.717. The standard InChI is InChI=1S/C19H16F2N4O2/c1-27-14-7-5-12(6-8-14)17-9-13(23-11-24-17)10-22-19(26)25-18-15(20)3-2-4-16(18)21/h2-9,11H,10H2,1H3,(H2,22,25,26). The van der Waals surface area contributed by atoms with Crippen LogP contribution in [-0.2, 0) is 6.54 Å².